The summed E-state index contributed by atoms with van der Waals surface area (Å²) in [7, 11) is 0. The molecule has 0 bridgehead atoms. The molecule has 0 radical (unpaired) electrons. The molecule has 1 heterocycles. The smallest absolute Gasteiger partial charge is 0.313 e. The first-order valence-corrected chi connectivity index (χ1v) is 8.41. The van der Waals surface area contributed by atoms with E-state index in [0.717, 1.165) is 28.7 Å². The van der Waals surface area contributed by atoms with E-state index >= 15 is 0 Å². The Kier molecular flexibility index (Phi) is 4.13. The van der Waals surface area contributed by atoms with Gasteiger partial charge in [-0.05, 0) is 42.9 Å². The van der Waals surface area contributed by atoms with Crippen molar-refractivity contribution < 1.29 is 9.90 Å². The lowest BCUT2D eigenvalue weighted by atomic mass is 10.1. The molecule has 6 heteroatoms. The number of aromatic nitrogens is 2. The van der Waals surface area contributed by atoms with Gasteiger partial charge in [0.1, 0.15) is 0 Å². The molecule has 1 fully saturated rings. The number of carboxylic acid groups (broad SMARTS) is 1. The van der Waals surface area contributed by atoms with Crippen LogP contribution in [0, 0.1) is 11.8 Å². The van der Waals surface area contributed by atoms with E-state index in [1.165, 1.54) is 24.6 Å². The molecule has 21 heavy (non-hydrogen) atoms. The molecule has 1 saturated carbocycles. The summed E-state index contributed by atoms with van der Waals surface area (Å²) >= 11 is 7.37. The fraction of sp³-hybridized carbons (Fsp3) is 0.467. The van der Waals surface area contributed by atoms with Crippen molar-refractivity contribution in [3.05, 3.63) is 23.2 Å². The minimum absolute atomic E-state index is 0.0227. The molecule has 1 unspecified atom stereocenters. The summed E-state index contributed by atoms with van der Waals surface area (Å²) in [5.74, 6) is 0.561. The average molecular weight is 325 g/mol. The maximum atomic E-state index is 10.8. The fourth-order valence-electron chi connectivity index (χ4n) is 2.59. The van der Waals surface area contributed by atoms with Crippen LogP contribution in [0.2, 0.25) is 5.02 Å². The third-order valence-corrected chi connectivity index (χ3v) is 5.09. The van der Waals surface area contributed by atoms with Crippen molar-refractivity contribution in [2.45, 2.75) is 31.5 Å². The van der Waals surface area contributed by atoms with E-state index in [1.54, 1.807) is 0 Å². The number of carbonyl (C=O) groups is 1. The van der Waals surface area contributed by atoms with E-state index < -0.39 is 5.97 Å². The topological polar surface area (TPSA) is 55.1 Å². The molecule has 2 aromatic rings. The highest BCUT2D eigenvalue weighted by Gasteiger charge is 2.29. The minimum atomic E-state index is -0.827. The summed E-state index contributed by atoms with van der Waals surface area (Å²) in [6.45, 7) is 3.11. The van der Waals surface area contributed by atoms with Crippen LogP contribution in [0.5, 0.6) is 0 Å². The second-order valence-electron chi connectivity index (χ2n) is 5.64. The monoisotopic (exact) mass is 324 g/mol. The third kappa shape index (κ3) is 3.35. The number of aliphatic carboxylic acids is 1. The number of hydrogen-bond acceptors (Lipinski definition) is 3. The number of nitrogens with zero attached hydrogens (tertiary/aromatic N) is 2. The molecule has 0 saturated heterocycles. The molecule has 3 rings (SSSR count). The van der Waals surface area contributed by atoms with Crippen molar-refractivity contribution in [2.24, 2.45) is 11.8 Å². The largest absolute Gasteiger partial charge is 0.481 e. The predicted octanol–water partition coefficient (Wildman–Crippen LogP) is 3.91. The lowest BCUT2D eigenvalue weighted by molar-refractivity contribution is -0.133. The van der Waals surface area contributed by atoms with Crippen LogP contribution in [-0.4, -0.2) is 26.4 Å². The van der Waals surface area contributed by atoms with Gasteiger partial charge in [0.2, 0.25) is 0 Å². The number of fused-ring (bicyclic) bond motifs is 1. The van der Waals surface area contributed by atoms with Gasteiger partial charge in [0.05, 0.1) is 16.8 Å². The van der Waals surface area contributed by atoms with Gasteiger partial charge < -0.3 is 9.67 Å². The zero-order valence-electron chi connectivity index (χ0n) is 11.8. The Morgan fingerprint density at radius 2 is 2.33 bits per heavy atom. The van der Waals surface area contributed by atoms with E-state index in [1.807, 2.05) is 18.2 Å². The quantitative estimate of drug-likeness (QED) is 0.818. The second kappa shape index (κ2) is 5.89. The number of carboxylic acids is 1. The SMILES string of the molecule is CC(Cn1c(SCC(=O)O)nc2ccc(Cl)cc21)C1CC1. The molecular formula is C15H17ClN2O2S. The molecule has 1 aliphatic rings. The zero-order valence-corrected chi connectivity index (χ0v) is 13.3. The Labute approximate surface area is 132 Å². The van der Waals surface area contributed by atoms with Gasteiger partial charge >= 0.3 is 5.97 Å². The molecule has 4 nitrogen and oxygen atoms in total. The van der Waals surface area contributed by atoms with Gasteiger partial charge in [0, 0.05) is 11.6 Å². The molecule has 1 atom stereocenters. The number of imidazole rings is 1. The standard InChI is InChI=1S/C15H17ClN2O2S/c1-9(10-2-3-10)7-18-13-6-11(16)4-5-12(13)17-15(18)21-8-14(19)20/h4-6,9-10H,2-3,7-8H2,1H3,(H,19,20). The van der Waals surface area contributed by atoms with Gasteiger partial charge in [-0.3, -0.25) is 4.79 Å². The average Bonchev–Trinajstić information content (AvgIpc) is 3.22. The summed E-state index contributed by atoms with van der Waals surface area (Å²) in [4.78, 5) is 15.4. The normalized spacial score (nSPS) is 16.3. The Hall–Kier alpha value is -1.20. The van der Waals surface area contributed by atoms with Gasteiger partial charge in [-0.2, -0.15) is 0 Å². The molecule has 0 spiro atoms. The van der Waals surface area contributed by atoms with Crippen molar-refractivity contribution in [1.29, 1.82) is 0 Å². The van der Waals surface area contributed by atoms with Crippen LogP contribution in [0.3, 0.4) is 0 Å². The van der Waals surface area contributed by atoms with Gasteiger partial charge in [0.15, 0.2) is 5.16 Å². The van der Waals surface area contributed by atoms with Gasteiger partial charge in [-0.15, -0.1) is 0 Å². The highest BCUT2D eigenvalue weighted by molar-refractivity contribution is 7.99. The van der Waals surface area contributed by atoms with Crippen molar-refractivity contribution in [2.75, 3.05) is 5.75 Å². The van der Waals surface area contributed by atoms with Crippen LogP contribution in [0.15, 0.2) is 23.4 Å². The number of halogens is 1. The van der Waals surface area contributed by atoms with E-state index in [9.17, 15) is 4.79 Å². The van der Waals surface area contributed by atoms with Crippen LogP contribution in [-0.2, 0) is 11.3 Å². The van der Waals surface area contributed by atoms with Crippen LogP contribution < -0.4 is 0 Å². The number of rotatable bonds is 6. The molecule has 1 aliphatic carbocycles. The summed E-state index contributed by atoms with van der Waals surface area (Å²) in [6.07, 6.45) is 2.60. The van der Waals surface area contributed by atoms with Crippen LogP contribution >= 0.6 is 23.4 Å². The first-order chi connectivity index (χ1) is 10.0. The Balaban J connectivity index is 1.96. The van der Waals surface area contributed by atoms with E-state index in [-0.39, 0.29) is 5.75 Å². The lowest BCUT2D eigenvalue weighted by Gasteiger charge is -2.14. The van der Waals surface area contributed by atoms with Gasteiger partial charge in [-0.25, -0.2) is 4.98 Å². The van der Waals surface area contributed by atoms with Crippen molar-refractivity contribution in [1.82, 2.24) is 9.55 Å². The lowest BCUT2D eigenvalue weighted by Crippen LogP contribution is -2.11. The first kappa shape index (κ1) is 14.7. The van der Waals surface area contributed by atoms with Crippen LogP contribution in [0.4, 0.5) is 0 Å². The summed E-state index contributed by atoms with van der Waals surface area (Å²) in [6, 6.07) is 5.62. The van der Waals surface area contributed by atoms with Crippen molar-refractivity contribution in [3.8, 4) is 0 Å². The molecule has 0 amide bonds. The van der Waals surface area contributed by atoms with E-state index in [4.69, 9.17) is 16.7 Å². The molecule has 1 N–H and O–H groups in total. The molecular weight excluding hydrogens is 308 g/mol. The summed E-state index contributed by atoms with van der Waals surface area (Å²) < 4.78 is 2.12. The molecule has 112 valence electrons. The van der Waals surface area contributed by atoms with Crippen molar-refractivity contribution in [3.63, 3.8) is 0 Å². The van der Waals surface area contributed by atoms with Crippen LogP contribution in [0.25, 0.3) is 11.0 Å². The minimum Gasteiger partial charge on any atom is -0.481 e. The van der Waals surface area contributed by atoms with Crippen molar-refractivity contribution >= 4 is 40.4 Å². The fourth-order valence-corrected chi connectivity index (χ4v) is 3.50. The van der Waals surface area contributed by atoms with Gasteiger partial charge in [-0.1, -0.05) is 30.3 Å². The maximum Gasteiger partial charge on any atom is 0.313 e. The van der Waals surface area contributed by atoms with Gasteiger partial charge in [0.25, 0.3) is 0 Å². The summed E-state index contributed by atoms with van der Waals surface area (Å²) in [5, 5.41) is 10.3. The van der Waals surface area contributed by atoms with E-state index in [2.05, 4.69) is 16.5 Å². The number of thioether (sulfide) groups is 1. The summed E-state index contributed by atoms with van der Waals surface area (Å²) in [5.41, 5.74) is 1.86. The Bertz CT molecular complexity index is 682. The number of hydrogen-bond donors (Lipinski definition) is 1. The highest BCUT2D eigenvalue weighted by Crippen LogP contribution is 2.38. The Morgan fingerprint density at radius 1 is 1.57 bits per heavy atom. The molecule has 0 aliphatic heterocycles. The van der Waals surface area contributed by atoms with Crippen LogP contribution in [0.1, 0.15) is 19.8 Å². The second-order valence-corrected chi connectivity index (χ2v) is 7.01. The van der Waals surface area contributed by atoms with E-state index in [0.29, 0.717) is 10.9 Å². The first-order valence-electron chi connectivity index (χ1n) is 7.05. The predicted molar refractivity (Wildman–Crippen MR) is 85.0 cm³/mol. The highest BCUT2D eigenvalue weighted by atomic mass is 35.5. The molecule has 1 aromatic heterocycles. The molecule has 1 aromatic carbocycles. The Morgan fingerprint density at radius 3 is 3.00 bits per heavy atom. The third-order valence-electron chi connectivity index (χ3n) is 3.90. The maximum absolute atomic E-state index is 10.8. The number of benzene rings is 1. The zero-order chi connectivity index (χ0) is 15.0.